The Bertz CT molecular complexity index is 1130. The van der Waals surface area contributed by atoms with Gasteiger partial charge in [0.15, 0.2) is 23.3 Å². The maximum atomic E-state index is 13.0. The number of carbonyl (C=O) groups is 2. The summed E-state index contributed by atoms with van der Waals surface area (Å²) in [5.74, 6) is -0.564. The zero-order valence-electron chi connectivity index (χ0n) is 18.1. The Kier molecular flexibility index (Phi) is 7.63. The van der Waals surface area contributed by atoms with Crippen molar-refractivity contribution < 1.29 is 24.2 Å². The van der Waals surface area contributed by atoms with E-state index < -0.39 is 12.6 Å². The molecule has 1 aliphatic rings. The number of carboxylic acid groups (broad SMARTS) is 1. The lowest BCUT2D eigenvalue weighted by Crippen LogP contribution is -2.28. The molecule has 0 saturated carbocycles. The van der Waals surface area contributed by atoms with Gasteiger partial charge in [0.2, 0.25) is 0 Å². The quantitative estimate of drug-likeness (QED) is 0.509. The van der Waals surface area contributed by atoms with Crippen LogP contribution in [0.2, 0.25) is 0 Å². The van der Waals surface area contributed by atoms with Gasteiger partial charge in [0.25, 0.3) is 5.91 Å². The van der Waals surface area contributed by atoms with Gasteiger partial charge < -0.3 is 14.6 Å². The zero-order valence-corrected chi connectivity index (χ0v) is 20.5. The number of methoxy groups -OCH3 is 1. The van der Waals surface area contributed by atoms with Gasteiger partial charge in [0.05, 0.1) is 22.2 Å². The first-order valence-corrected chi connectivity index (χ1v) is 11.4. The van der Waals surface area contributed by atoms with E-state index in [0.717, 1.165) is 16.8 Å². The smallest absolute Gasteiger partial charge is 0.341 e. The highest BCUT2D eigenvalue weighted by molar-refractivity contribution is 9.10. The normalized spacial score (nSPS) is 16.2. The number of benzene rings is 2. The summed E-state index contributed by atoms with van der Waals surface area (Å²) in [5, 5.41) is 9.50. The molecular weight excluding hydrogens is 496 g/mol. The van der Waals surface area contributed by atoms with E-state index in [1.54, 1.807) is 23.1 Å². The van der Waals surface area contributed by atoms with E-state index in [-0.39, 0.29) is 11.7 Å². The number of thioether (sulfide) groups is 1. The van der Waals surface area contributed by atoms with Crippen LogP contribution in [0.1, 0.15) is 23.6 Å². The number of carbonyl (C=O) groups excluding carboxylic acids is 1. The fourth-order valence-electron chi connectivity index (χ4n) is 3.06. The number of aliphatic carboxylic acids is 1. The molecule has 168 valence electrons. The van der Waals surface area contributed by atoms with Crippen molar-refractivity contribution in [3.63, 3.8) is 0 Å². The molecule has 1 N–H and O–H groups in total. The summed E-state index contributed by atoms with van der Waals surface area (Å²) in [6.45, 7) is 5.92. The van der Waals surface area contributed by atoms with Crippen molar-refractivity contribution in [2.24, 2.45) is 4.99 Å². The Balaban J connectivity index is 1.95. The van der Waals surface area contributed by atoms with E-state index in [0.29, 0.717) is 32.4 Å². The minimum Gasteiger partial charge on any atom is -0.493 e. The number of aryl methyl sites for hydroxylation is 2. The van der Waals surface area contributed by atoms with Crippen molar-refractivity contribution in [2.45, 2.75) is 20.8 Å². The number of carboxylic acids is 1. The van der Waals surface area contributed by atoms with Gasteiger partial charge in [-0.05, 0) is 89.4 Å². The Morgan fingerprint density at radius 2 is 2.03 bits per heavy atom. The van der Waals surface area contributed by atoms with Gasteiger partial charge in [-0.25, -0.2) is 9.79 Å². The highest BCUT2D eigenvalue weighted by Gasteiger charge is 2.32. The van der Waals surface area contributed by atoms with E-state index in [2.05, 4.69) is 15.9 Å². The molecular formula is C23H23BrN2O5S. The Labute approximate surface area is 199 Å². The second-order valence-electron chi connectivity index (χ2n) is 7.06. The van der Waals surface area contributed by atoms with Gasteiger partial charge in [0.1, 0.15) is 0 Å². The topological polar surface area (TPSA) is 88.4 Å². The average Bonchev–Trinajstić information content (AvgIpc) is 3.03. The van der Waals surface area contributed by atoms with Crippen molar-refractivity contribution >= 4 is 56.5 Å². The van der Waals surface area contributed by atoms with Crippen LogP contribution in [0.5, 0.6) is 11.5 Å². The Morgan fingerprint density at radius 1 is 1.28 bits per heavy atom. The maximum Gasteiger partial charge on any atom is 0.341 e. The summed E-state index contributed by atoms with van der Waals surface area (Å²) in [5.41, 5.74) is 3.68. The monoisotopic (exact) mass is 518 g/mol. The van der Waals surface area contributed by atoms with Crippen LogP contribution in [0.3, 0.4) is 0 Å². The van der Waals surface area contributed by atoms with Crippen LogP contribution in [0.4, 0.5) is 5.69 Å². The van der Waals surface area contributed by atoms with Crippen molar-refractivity contribution in [1.82, 2.24) is 4.90 Å². The van der Waals surface area contributed by atoms with Gasteiger partial charge in [-0.3, -0.25) is 9.69 Å². The van der Waals surface area contributed by atoms with Crippen LogP contribution in [-0.4, -0.2) is 47.3 Å². The molecule has 1 saturated heterocycles. The molecule has 1 fully saturated rings. The van der Waals surface area contributed by atoms with Crippen LogP contribution in [0.15, 0.2) is 44.7 Å². The number of likely N-dealkylation sites (N-methyl/N-ethyl adjacent to an activating group) is 1. The Hall–Kier alpha value is -2.78. The maximum absolute atomic E-state index is 13.0. The molecule has 1 aliphatic heterocycles. The van der Waals surface area contributed by atoms with Crippen LogP contribution < -0.4 is 9.47 Å². The number of aliphatic imine (C=N–C) groups is 1. The number of ether oxygens (including phenoxy) is 2. The van der Waals surface area contributed by atoms with Crippen LogP contribution in [0.25, 0.3) is 6.08 Å². The second kappa shape index (κ2) is 10.2. The molecule has 0 atom stereocenters. The molecule has 0 radical (unpaired) electrons. The number of amides is 1. The molecule has 0 spiro atoms. The van der Waals surface area contributed by atoms with Crippen LogP contribution in [0, 0.1) is 13.8 Å². The van der Waals surface area contributed by atoms with E-state index in [4.69, 9.17) is 19.6 Å². The highest BCUT2D eigenvalue weighted by Crippen LogP contribution is 2.39. The number of halogens is 1. The van der Waals surface area contributed by atoms with Crippen molar-refractivity contribution in [2.75, 3.05) is 20.3 Å². The predicted octanol–water partition coefficient (Wildman–Crippen LogP) is 5.16. The number of hydrogen-bond acceptors (Lipinski definition) is 6. The molecule has 0 unspecified atom stereocenters. The minimum atomic E-state index is -1.09. The molecule has 7 nitrogen and oxygen atoms in total. The summed E-state index contributed by atoms with van der Waals surface area (Å²) in [6, 6.07) is 9.49. The fraction of sp³-hybridized carbons (Fsp3) is 0.261. The average molecular weight is 519 g/mol. The molecule has 0 aromatic heterocycles. The van der Waals surface area contributed by atoms with E-state index in [1.807, 2.05) is 39.0 Å². The number of nitrogens with zero attached hydrogens (tertiary/aromatic N) is 2. The van der Waals surface area contributed by atoms with Crippen molar-refractivity contribution in [1.29, 1.82) is 0 Å². The molecule has 32 heavy (non-hydrogen) atoms. The molecule has 9 heteroatoms. The molecule has 2 aromatic carbocycles. The lowest BCUT2D eigenvalue weighted by atomic mass is 10.1. The highest BCUT2D eigenvalue weighted by atomic mass is 79.9. The lowest BCUT2D eigenvalue weighted by molar-refractivity contribution is -0.139. The van der Waals surface area contributed by atoms with Gasteiger partial charge >= 0.3 is 5.97 Å². The third kappa shape index (κ3) is 5.34. The zero-order chi connectivity index (χ0) is 23.4. The largest absolute Gasteiger partial charge is 0.493 e. The molecule has 1 amide bonds. The van der Waals surface area contributed by atoms with E-state index in [1.165, 1.54) is 18.9 Å². The first-order valence-electron chi connectivity index (χ1n) is 9.83. The molecule has 3 rings (SSSR count). The summed E-state index contributed by atoms with van der Waals surface area (Å²) in [6.07, 6.45) is 1.76. The number of hydrogen-bond donors (Lipinski definition) is 1. The number of amidine groups is 1. The SMILES string of the molecule is CCN1C(=O)/C(=C\c2cc(Br)c(OCC(=O)O)c(OC)c2)SC1=Nc1cc(C)ccc1C. The molecule has 1 heterocycles. The summed E-state index contributed by atoms with van der Waals surface area (Å²) < 4.78 is 11.2. The first-order chi connectivity index (χ1) is 15.2. The van der Waals surface area contributed by atoms with Gasteiger partial charge in [-0.15, -0.1) is 0 Å². The third-order valence-corrected chi connectivity index (χ3v) is 6.27. The summed E-state index contributed by atoms with van der Waals surface area (Å²) in [7, 11) is 1.47. The van der Waals surface area contributed by atoms with Gasteiger partial charge in [0, 0.05) is 6.54 Å². The first kappa shape index (κ1) is 23.9. The van der Waals surface area contributed by atoms with E-state index in [9.17, 15) is 9.59 Å². The van der Waals surface area contributed by atoms with Gasteiger partial charge in [-0.2, -0.15) is 0 Å². The summed E-state index contributed by atoms with van der Waals surface area (Å²) >= 11 is 4.71. The van der Waals surface area contributed by atoms with Crippen molar-refractivity contribution in [3.8, 4) is 11.5 Å². The van der Waals surface area contributed by atoms with Crippen LogP contribution >= 0.6 is 27.7 Å². The van der Waals surface area contributed by atoms with E-state index >= 15 is 0 Å². The summed E-state index contributed by atoms with van der Waals surface area (Å²) in [4.78, 5) is 30.8. The predicted molar refractivity (Wildman–Crippen MR) is 130 cm³/mol. The van der Waals surface area contributed by atoms with Crippen LogP contribution in [-0.2, 0) is 9.59 Å². The molecule has 0 aliphatic carbocycles. The fourth-order valence-corrected chi connectivity index (χ4v) is 4.69. The van der Waals surface area contributed by atoms with Gasteiger partial charge in [-0.1, -0.05) is 12.1 Å². The molecule has 2 aromatic rings. The standard InChI is InChI=1S/C23H23BrN2O5S/c1-5-26-22(29)19(32-23(26)25-17-8-13(2)6-7-14(17)3)11-15-9-16(24)21(18(10-15)30-4)31-12-20(27)28/h6-11H,5,12H2,1-4H3,(H,27,28)/b19-11+,25-23?. The molecule has 0 bridgehead atoms. The second-order valence-corrected chi connectivity index (χ2v) is 8.92. The van der Waals surface area contributed by atoms with Crippen molar-refractivity contribution in [3.05, 3.63) is 56.4 Å². The minimum absolute atomic E-state index is 0.122. The number of rotatable bonds is 7. The Morgan fingerprint density at radius 3 is 2.69 bits per heavy atom. The third-order valence-electron chi connectivity index (χ3n) is 4.67. The lowest BCUT2D eigenvalue weighted by Gasteiger charge is -2.13.